The summed E-state index contributed by atoms with van der Waals surface area (Å²) in [5, 5.41) is 20.1. The van der Waals surface area contributed by atoms with Crippen molar-refractivity contribution >= 4 is 5.97 Å². The molecule has 0 aliphatic carbocycles. The molecule has 2 spiro atoms. The summed E-state index contributed by atoms with van der Waals surface area (Å²) in [6, 6.07) is 0. The summed E-state index contributed by atoms with van der Waals surface area (Å²) >= 11 is 0. The average Bonchev–Trinajstić information content (AvgIpc) is 3.51. The van der Waals surface area contributed by atoms with Crippen LogP contribution in [-0.2, 0) is 42.7 Å². The average molecular weight is 625 g/mol. The van der Waals surface area contributed by atoms with Crippen molar-refractivity contribution in [1.82, 2.24) is 0 Å². The molecule has 11 nitrogen and oxygen atoms in total. The van der Waals surface area contributed by atoms with Crippen molar-refractivity contribution < 1.29 is 52.9 Å². The van der Waals surface area contributed by atoms with E-state index >= 15 is 0 Å². The second kappa shape index (κ2) is 12.0. The number of fused-ring (bicyclic) bond motifs is 4. The largest absolute Gasteiger partial charge is 0.459 e. The van der Waals surface area contributed by atoms with E-state index in [0.717, 1.165) is 6.42 Å². The molecule has 7 aliphatic heterocycles. The zero-order valence-corrected chi connectivity index (χ0v) is 26.8. The van der Waals surface area contributed by atoms with Crippen molar-refractivity contribution in [1.29, 1.82) is 0 Å². The van der Waals surface area contributed by atoms with E-state index in [1.807, 2.05) is 6.92 Å². The summed E-state index contributed by atoms with van der Waals surface area (Å²) in [5.74, 6) is -1.38. The Bertz CT molecular complexity index is 1060. The van der Waals surface area contributed by atoms with E-state index in [0.29, 0.717) is 51.4 Å². The first-order valence-electron chi connectivity index (χ1n) is 17.2. The van der Waals surface area contributed by atoms with Crippen LogP contribution in [0.4, 0.5) is 0 Å². The number of esters is 1. The minimum atomic E-state index is -0.788. The van der Waals surface area contributed by atoms with E-state index in [1.54, 1.807) is 0 Å². The number of ether oxygens (including phenoxy) is 8. The van der Waals surface area contributed by atoms with Gasteiger partial charge in [-0.05, 0) is 24.7 Å². The molecular weight excluding hydrogens is 572 g/mol. The van der Waals surface area contributed by atoms with Crippen LogP contribution < -0.4 is 0 Å². The normalized spacial score (nSPS) is 54.8. The zero-order chi connectivity index (χ0) is 31.0. The van der Waals surface area contributed by atoms with Crippen LogP contribution in [0, 0.1) is 17.8 Å². The van der Waals surface area contributed by atoms with Gasteiger partial charge < -0.3 is 48.1 Å². The Morgan fingerprint density at radius 1 is 0.750 bits per heavy atom. The predicted octanol–water partition coefficient (Wildman–Crippen LogP) is 3.00. The van der Waals surface area contributed by atoms with Gasteiger partial charge in [-0.1, -0.05) is 34.6 Å². The van der Waals surface area contributed by atoms with Crippen molar-refractivity contribution in [2.24, 2.45) is 17.8 Å². The Morgan fingerprint density at radius 3 is 2.16 bits per heavy atom. The third kappa shape index (κ3) is 5.46. The minimum Gasteiger partial charge on any atom is -0.459 e. The second-order valence-corrected chi connectivity index (χ2v) is 14.8. The molecule has 0 amide bonds. The highest BCUT2D eigenvalue weighted by atomic mass is 16.8. The maximum Gasteiger partial charge on any atom is 0.305 e. The third-order valence-electron chi connectivity index (χ3n) is 11.5. The monoisotopic (exact) mass is 624 g/mol. The fourth-order valence-electron chi connectivity index (χ4n) is 9.57. The van der Waals surface area contributed by atoms with Crippen LogP contribution in [0.25, 0.3) is 0 Å². The first-order valence-corrected chi connectivity index (χ1v) is 17.2. The van der Waals surface area contributed by atoms with E-state index in [-0.39, 0.29) is 97.5 Å². The van der Waals surface area contributed by atoms with Gasteiger partial charge in [0.1, 0.15) is 6.10 Å². The molecule has 0 aromatic carbocycles. The predicted molar refractivity (Wildman–Crippen MR) is 154 cm³/mol. The number of hydrogen-bond acceptors (Lipinski definition) is 11. The molecule has 0 unspecified atom stereocenters. The Kier molecular flexibility index (Phi) is 8.62. The number of hydrogen-bond donors (Lipinski definition) is 2. The number of aliphatic hydroxyl groups excluding tert-OH is 2. The van der Waals surface area contributed by atoms with Crippen molar-refractivity contribution in [2.45, 2.75) is 177 Å². The van der Waals surface area contributed by atoms with Gasteiger partial charge in [-0.2, -0.15) is 0 Å². The lowest BCUT2D eigenvalue weighted by molar-refractivity contribution is -0.371. The highest BCUT2D eigenvalue weighted by Gasteiger charge is 2.64. The summed E-state index contributed by atoms with van der Waals surface area (Å²) in [4.78, 5) is 12.2. The second-order valence-electron chi connectivity index (χ2n) is 14.8. The number of carbonyl (C=O) groups is 1. The summed E-state index contributed by atoms with van der Waals surface area (Å²) in [7, 11) is 0. The lowest BCUT2D eigenvalue weighted by Gasteiger charge is -2.54. The van der Waals surface area contributed by atoms with Crippen LogP contribution in [0.2, 0.25) is 0 Å². The van der Waals surface area contributed by atoms with E-state index in [4.69, 9.17) is 37.9 Å². The highest BCUT2D eigenvalue weighted by Crippen LogP contribution is 2.55. The van der Waals surface area contributed by atoms with E-state index in [9.17, 15) is 15.0 Å². The van der Waals surface area contributed by atoms with Crippen LogP contribution in [0.1, 0.15) is 92.4 Å². The lowest BCUT2D eigenvalue weighted by Crippen LogP contribution is -2.62. The van der Waals surface area contributed by atoms with Gasteiger partial charge in [0.05, 0.1) is 67.1 Å². The molecule has 250 valence electrons. The summed E-state index contributed by atoms with van der Waals surface area (Å²) in [6.07, 6.45) is 2.52. The summed E-state index contributed by atoms with van der Waals surface area (Å²) in [6.45, 7) is 10.3. The molecule has 11 heteroatoms. The minimum absolute atomic E-state index is 0.0115. The maximum absolute atomic E-state index is 12.2. The molecule has 7 aliphatic rings. The van der Waals surface area contributed by atoms with Gasteiger partial charge in [-0.25, -0.2) is 0 Å². The highest BCUT2D eigenvalue weighted by molar-refractivity contribution is 5.69. The van der Waals surface area contributed by atoms with Gasteiger partial charge in [0.2, 0.25) is 0 Å². The van der Waals surface area contributed by atoms with Gasteiger partial charge in [0.25, 0.3) is 0 Å². The Hall–Kier alpha value is -0.890. The van der Waals surface area contributed by atoms with Crippen LogP contribution in [-0.4, -0.2) is 108 Å². The molecule has 7 fully saturated rings. The Balaban J connectivity index is 1.02. The molecule has 0 saturated carbocycles. The van der Waals surface area contributed by atoms with E-state index < -0.39 is 17.7 Å². The fourth-order valence-corrected chi connectivity index (χ4v) is 9.57. The van der Waals surface area contributed by atoms with Crippen molar-refractivity contribution in [2.75, 3.05) is 6.61 Å². The molecule has 0 radical (unpaired) electrons. The smallest absolute Gasteiger partial charge is 0.305 e. The van der Waals surface area contributed by atoms with Crippen LogP contribution in [0.3, 0.4) is 0 Å². The van der Waals surface area contributed by atoms with Gasteiger partial charge in [0.15, 0.2) is 11.6 Å². The Labute approximate surface area is 260 Å². The molecule has 7 heterocycles. The molecule has 17 atom stereocenters. The topological polar surface area (TPSA) is 131 Å². The molecule has 7 saturated heterocycles. The molecule has 0 bridgehead atoms. The van der Waals surface area contributed by atoms with Crippen molar-refractivity contribution in [3.8, 4) is 0 Å². The van der Waals surface area contributed by atoms with E-state index in [1.165, 1.54) is 0 Å². The first kappa shape index (κ1) is 31.7. The van der Waals surface area contributed by atoms with Crippen molar-refractivity contribution in [3.63, 3.8) is 0 Å². The van der Waals surface area contributed by atoms with Gasteiger partial charge in [-0.15, -0.1) is 0 Å². The lowest BCUT2D eigenvalue weighted by atomic mass is 9.78. The zero-order valence-electron chi connectivity index (χ0n) is 26.8. The standard InChI is InChI=1S/C33H52O11/c1-6-20-30(40-27(36)7-2)18(5)31-23(37-20)11-22-25(39-31)14-33(41-22)15-26-29(44-33)17(4)13-32(43-26)12-16(3)28-24(42-32)10-19(35)21(38-28)8-9-34/h16-26,28-31,34-35H,6-15H2,1-5H3/t16-,17-,18+,19+,20-,21+,22+,23-,24-,25+,26-,28-,29-,30+,31-,32+,33-/m0/s1. The summed E-state index contributed by atoms with van der Waals surface area (Å²) < 4.78 is 52.4. The third-order valence-corrected chi connectivity index (χ3v) is 11.5. The molecule has 0 aromatic heterocycles. The first-order chi connectivity index (χ1) is 21.1. The molecule has 0 aromatic rings. The molecular formula is C33H52O11. The van der Waals surface area contributed by atoms with Gasteiger partial charge >= 0.3 is 5.97 Å². The van der Waals surface area contributed by atoms with Crippen LogP contribution in [0.15, 0.2) is 0 Å². The van der Waals surface area contributed by atoms with E-state index in [2.05, 4.69) is 27.7 Å². The fraction of sp³-hybridized carbons (Fsp3) is 0.970. The van der Waals surface area contributed by atoms with Crippen LogP contribution >= 0.6 is 0 Å². The quantitative estimate of drug-likeness (QED) is 0.438. The Morgan fingerprint density at radius 2 is 1.43 bits per heavy atom. The summed E-state index contributed by atoms with van der Waals surface area (Å²) in [5.41, 5.74) is 0. The van der Waals surface area contributed by atoms with Crippen LogP contribution in [0.5, 0.6) is 0 Å². The van der Waals surface area contributed by atoms with Gasteiger partial charge in [0, 0.05) is 57.5 Å². The molecule has 2 N–H and O–H groups in total. The van der Waals surface area contributed by atoms with Crippen molar-refractivity contribution in [3.05, 3.63) is 0 Å². The molecule has 7 rings (SSSR count). The number of rotatable bonds is 5. The maximum atomic E-state index is 12.2. The number of carbonyl (C=O) groups excluding carboxylic acids is 1. The number of aliphatic hydroxyl groups is 2. The SMILES string of the molecule is CCC(=O)O[C@@H]1[C@@H](C)[C@@H]2O[C@@H]3C[C@]4(C[C@@H]5O[C@]6(C[C@H](C)[C@@H]7O[C@H](CCO)[C@H](O)C[C@@H]7O6)C[C@H](C)[C@@H]5O4)O[C@@H]3C[C@@H]2O[C@H]1CC. The molecule has 44 heavy (non-hydrogen) atoms. The van der Waals surface area contributed by atoms with Gasteiger partial charge in [-0.3, -0.25) is 4.79 Å².